The second kappa shape index (κ2) is 8.57. The van der Waals surface area contributed by atoms with Crippen LogP contribution in [0.3, 0.4) is 0 Å². The van der Waals surface area contributed by atoms with Crippen molar-refractivity contribution in [3.8, 4) is 0 Å². The number of hydrogen-bond donors (Lipinski definition) is 1. The molecule has 1 aliphatic heterocycles. The maximum atomic E-state index is 13.1. The van der Waals surface area contributed by atoms with Crippen molar-refractivity contribution < 1.29 is 18.1 Å². The van der Waals surface area contributed by atoms with Gasteiger partial charge in [-0.2, -0.15) is 0 Å². The molecule has 0 radical (unpaired) electrons. The van der Waals surface area contributed by atoms with Gasteiger partial charge in [0.1, 0.15) is 5.69 Å². The number of anilines is 2. The zero-order chi connectivity index (χ0) is 20.1. The largest absolute Gasteiger partial charge is 0.377 e. The third-order valence-corrected chi connectivity index (χ3v) is 6.53. The monoisotopic (exact) mass is 405 g/mol. The molecule has 0 spiro atoms. The van der Waals surface area contributed by atoms with Crippen LogP contribution in [0.25, 0.3) is 0 Å². The van der Waals surface area contributed by atoms with Gasteiger partial charge in [-0.15, -0.1) is 0 Å². The lowest BCUT2D eigenvalue weighted by atomic mass is 10.2. The smallest absolute Gasteiger partial charge is 0.293 e. The Bertz CT molecular complexity index is 928. The molecule has 0 aliphatic carbocycles. The molecule has 0 amide bonds. The van der Waals surface area contributed by atoms with Crippen LogP contribution in [0.4, 0.5) is 17.1 Å². The number of para-hydroxylation sites is 1. The molecule has 0 saturated carbocycles. The minimum Gasteiger partial charge on any atom is -0.377 e. The van der Waals surface area contributed by atoms with E-state index in [1.54, 1.807) is 37.3 Å². The van der Waals surface area contributed by atoms with E-state index in [-0.39, 0.29) is 28.9 Å². The second-order valence-corrected chi connectivity index (χ2v) is 8.32. The molecule has 1 fully saturated rings. The molecule has 3 rings (SSSR count). The van der Waals surface area contributed by atoms with E-state index in [1.165, 1.54) is 16.4 Å². The summed E-state index contributed by atoms with van der Waals surface area (Å²) in [4.78, 5) is 10.8. The van der Waals surface area contributed by atoms with E-state index in [9.17, 15) is 18.5 Å². The van der Waals surface area contributed by atoms with Gasteiger partial charge in [-0.05, 0) is 44.0 Å². The van der Waals surface area contributed by atoms with Crippen molar-refractivity contribution in [1.82, 2.24) is 0 Å². The van der Waals surface area contributed by atoms with E-state index in [4.69, 9.17) is 4.74 Å². The van der Waals surface area contributed by atoms with Gasteiger partial charge in [-0.3, -0.25) is 14.4 Å². The maximum absolute atomic E-state index is 13.1. The quantitative estimate of drug-likeness (QED) is 0.533. The average Bonchev–Trinajstić information content (AvgIpc) is 3.21. The maximum Gasteiger partial charge on any atom is 0.293 e. The summed E-state index contributed by atoms with van der Waals surface area (Å²) in [6, 6.07) is 12.6. The summed E-state index contributed by atoms with van der Waals surface area (Å²) >= 11 is 0. The lowest BCUT2D eigenvalue weighted by Gasteiger charge is -2.23. The normalized spacial score (nSPS) is 16.7. The molecule has 0 aromatic heterocycles. The molecule has 150 valence electrons. The molecule has 1 atom stereocenters. The molecule has 1 aliphatic rings. The van der Waals surface area contributed by atoms with Gasteiger partial charge in [0.15, 0.2) is 0 Å². The van der Waals surface area contributed by atoms with Gasteiger partial charge >= 0.3 is 0 Å². The number of sulfonamides is 1. The van der Waals surface area contributed by atoms with Crippen molar-refractivity contribution in [3.05, 3.63) is 58.6 Å². The van der Waals surface area contributed by atoms with Gasteiger partial charge in [-0.25, -0.2) is 8.42 Å². The van der Waals surface area contributed by atoms with Crippen molar-refractivity contribution in [3.63, 3.8) is 0 Å². The minimum atomic E-state index is -3.93. The molecule has 2 aromatic rings. The number of rotatable bonds is 8. The number of nitro groups is 1. The van der Waals surface area contributed by atoms with Crippen molar-refractivity contribution in [2.24, 2.45) is 0 Å². The standard InChI is InChI=1S/C19H23N3O5S/c1-2-21(15-7-4-3-5-8-15)28(25,26)17-10-11-18(19(13-17)22(23)24)20-14-16-9-6-12-27-16/h3-5,7-8,10-11,13,16,20H,2,6,9,12,14H2,1H3. The van der Waals surface area contributed by atoms with Crippen molar-refractivity contribution >= 4 is 27.1 Å². The van der Waals surface area contributed by atoms with Crippen LogP contribution < -0.4 is 9.62 Å². The molecular weight excluding hydrogens is 382 g/mol. The summed E-state index contributed by atoms with van der Waals surface area (Å²) in [6.07, 6.45) is 1.88. The highest BCUT2D eigenvalue weighted by Gasteiger charge is 2.27. The van der Waals surface area contributed by atoms with Crippen LogP contribution >= 0.6 is 0 Å². The number of nitrogens with one attached hydrogen (secondary N) is 1. The van der Waals surface area contributed by atoms with Gasteiger partial charge in [0.05, 0.1) is 21.6 Å². The Kier molecular flexibility index (Phi) is 6.15. The number of hydrogen-bond acceptors (Lipinski definition) is 6. The summed E-state index contributed by atoms with van der Waals surface area (Å²) in [6.45, 7) is 3.06. The second-order valence-electron chi connectivity index (χ2n) is 6.46. The van der Waals surface area contributed by atoms with E-state index < -0.39 is 14.9 Å². The average molecular weight is 405 g/mol. The zero-order valence-electron chi connectivity index (χ0n) is 15.6. The fourth-order valence-electron chi connectivity index (χ4n) is 3.21. The van der Waals surface area contributed by atoms with Gasteiger partial charge in [0.25, 0.3) is 15.7 Å². The first-order valence-corrected chi connectivity index (χ1v) is 10.6. The van der Waals surface area contributed by atoms with E-state index >= 15 is 0 Å². The number of nitro benzene ring substituents is 1. The molecule has 1 saturated heterocycles. The van der Waals surface area contributed by atoms with Crippen LogP contribution in [0.5, 0.6) is 0 Å². The van der Waals surface area contributed by atoms with E-state index in [1.807, 2.05) is 0 Å². The topological polar surface area (TPSA) is 102 Å². The lowest BCUT2D eigenvalue weighted by molar-refractivity contribution is -0.384. The SMILES string of the molecule is CCN(c1ccccc1)S(=O)(=O)c1ccc(NCC2CCCO2)c([N+](=O)[O-])c1. The Morgan fingerprint density at radius 1 is 1.25 bits per heavy atom. The first-order valence-electron chi connectivity index (χ1n) is 9.15. The van der Waals surface area contributed by atoms with Gasteiger partial charge < -0.3 is 10.1 Å². The van der Waals surface area contributed by atoms with Crippen LogP contribution in [-0.4, -0.2) is 39.1 Å². The van der Waals surface area contributed by atoms with Gasteiger partial charge in [0, 0.05) is 25.8 Å². The lowest BCUT2D eigenvalue weighted by Crippen LogP contribution is -2.30. The van der Waals surface area contributed by atoms with Crippen LogP contribution in [0.15, 0.2) is 53.4 Å². The van der Waals surface area contributed by atoms with Crippen LogP contribution in [0, 0.1) is 10.1 Å². The van der Waals surface area contributed by atoms with E-state index in [2.05, 4.69) is 5.32 Å². The van der Waals surface area contributed by atoms with Crippen molar-refractivity contribution in [2.75, 3.05) is 29.3 Å². The fraction of sp³-hybridized carbons (Fsp3) is 0.368. The minimum absolute atomic E-state index is 0.0108. The third kappa shape index (κ3) is 4.26. The van der Waals surface area contributed by atoms with E-state index in [0.29, 0.717) is 18.8 Å². The number of ether oxygens (including phenoxy) is 1. The number of benzene rings is 2. The Labute approximate surface area is 164 Å². The highest BCUT2D eigenvalue weighted by Crippen LogP contribution is 2.31. The molecule has 1 unspecified atom stereocenters. The predicted molar refractivity (Wildman–Crippen MR) is 107 cm³/mol. The summed E-state index contributed by atoms with van der Waals surface area (Å²) in [7, 11) is -3.93. The molecule has 8 nitrogen and oxygen atoms in total. The first-order chi connectivity index (χ1) is 13.4. The first kappa shape index (κ1) is 20.1. The van der Waals surface area contributed by atoms with Gasteiger partial charge in [-0.1, -0.05) is 18.2 Å². The van der Waals surface area contributed by atoms with Crippen LogP contribution in [-0.2, 0) is 14.8 Å². The Hall–Kier alpha value is -2.65. The molecule has 9 heteroatoms. The molecule has 1 N–H and O–H groups in total. The predicted octanol–water partition coefficient (Wildman–Crippen LogP) is 3.40. The van der Waals surface area contributed by atoms with Crippen LogP contribution in [0.1, 0.15) is 19.8 Å². The Morgan fingerprint density at radius 3 is 2.61 bits per heavy atom. The Morgan fingerprint density at radius 2 is 2.00 bits per heavy atom. The van der Waals surface area contributed by atoms with Gasteiger partial charge in [0.2, 0.25) is 0 Å². The number of nitrogens with zero attached hydrogens (tertiary/aromatic N) is 2. The third-order valence-electron chi connectivity index (χ3n) is 4.63. The highest BCUT2D eigenvalue weighted by atomic mass is 32.2. The summed E-state index contributed by atoms with van der Waals surface area (Å²) in [5, 5.41) is 14.5. The molecule has 0 bridgehead atoms. The molecule has 2 aromatic carbocycles. The highest BCUT2D eigenvalue weighted by molar-refractivity contribution is 7.92. The Balaban J connectivity index is 1.90. The molecular formula is C19H23N3O5S. The summed E-state index contributed by atoms with van der Waals surface area (Å²) in [5.41, 5.74) is 0.513. The zero-order valence-corrected chi connectivity index (χ0v) is 16.4. The van der Waals surface area contributed by atoms with Crippen LogP contribution in [0.2, 0.25) is 0 Å². The summed E-state index contributed by atoms with van der Waals surface area (Å²) in [5.74, 6) is 0. The van der Waals surface area contributed by atoms with Crippen molar-refractivity contribution in [2.45, 2.75) is 30.8 Å². The summed E-state index contributed by atoms with van der Waals surface area (Å²) < 4.78 is 32.9. The molecule has 1 heterocycles. The fourth-order valence-corrected chi connectivity index (χ4v) is 4.71. The molecule has 28 heavy (non-hydrogen) atoms. The van der Waals surface area contributed by atoms with E-state index in [0.717, 1.165) is 18.9 Å². The van der Waals surface area contributed by atoms with Crippen molar-refractivity contribution in [1.29, 1.82) is 0 Å².